The lowest BCUT2D eigenvalue weighted by Crippen LogP contribution is -2.48. The third-order valence-electron chi connectivity index (χ3n) is 8.07. The Bertz CT molecular complexity index is 1660. The molecule has 40 heavy (non-hydrogen) atoms. The van der Waals surface area contributed by atoms with Crippen molar-refractivity contribution in [3.8, 4) is 22.3 Å². The van der Waals surface area contributed by atoms with Gasteiger partial charge in [0.15, 0.2) is 0 Å². The van der Waals surface area contributed by atoms with E-state index in [4.69, 9.17) is 0 Å². The van der Waals surface area contributed by atoms with Crippen LogP contribution < -0.4 is 4.90 Å². The Kier molecular flexibility index (Phi) is 6.30. The Hall–Kier alpha value is -4.46. The van der Waals surface area contributed by atoms with Crippen LogP contribution >= 0.6 is 0 Å². The van der Waals surface area contributed by atoms with Gasteiger partial charge in [-0.25, -0.2) is 9.37 Å². The summed E-state index contributed by atoms with van der Waals surface area (Å²) in [6, 6.07) is 17.4. The average Bonchev–Trinajstić information content (AvgIpc) is 3.51. The number of aromatic nitrogens is 4. The van der Waals surface area contributed by atoms with Crippen molar-refractivity contribution in [3.05, 3.63) is 90.8 Å². The van der Waals surface area contributed by atoms with E-state index in [1.807, 2.05) is 40.4 Å². The third kappa shape index (κ3) is 5.09. The number of piperazine rings is 1. The molecule has 2 aromatic carbocycles. The van der Waals surface area contributed by atoms with E-state index in [1.165, 1.54) is 30.7 Å². The second kappa shape index (κ2) is 10.3. The lowest BCUT2D eigenvalue weighted by Gasteiger charge is -2.36. The highest BCUT2D eigenvalue weighted by atomic mass is 19.1. The number of hydrogen-bond acceptors (Lipinski definition) is 4. The molecule has 0 unspecified atom stereocenters. The maximum atomic E-state index is 13.6. The van der Waals surface area contributed by atoms with Crippen molar-refractivity contribution in [1.82, 2.24) is 24.6 Å². The minimum atomic E-state index is -0.244. The molecule has 0 radical (unpaired) electrons. The highest BCUT2D eigenvalue weighted by Crippen LogP contribution is 2.34. The molecule has 1 aliphatic carbocycles. The van der Waals surface area contributed by atoms with Crippen molar-refractivity contribution >= 4 is 22.6 Å². The van der Waals surface area contributed by atoms with Crippen molar-refractivity contribution in [3.63, 3.8) is 0 Å². The molecule has 4 heterocycles. The molecular weight excluding hydrogens is 503 g/mol. The molecule has 8 heteroatoms. The van der Waals surface area contributed by atoms with Crippen LogP contribution in [0.4, 0.5) is 10.1 Å². The molecule has 2 fully saturated rings. The lowest BCUT2D eigenvalue weighted by atomic mass is 10.0. The topological polar surface area (TPSA) is 70.1 Å². The highest BCUT2D eigenvalue weighted by molar-refractivity contribution is 5.95. The van der Waals surface area contributed by atoms with Crippen LogP contribution in [0.1, 0.15) is 24.8 Å². The molecule has 1 saturated carbocycles. The van der Waals surface area contributed by atoms with E-state index in [1.54, 1.807) is 6.07 Å². The van der Waals surface area contributed by atoms with Crippen LogP contribution in [0, 0.1) is 11.7 Å². The molecule has 2 aliphatic rings. The molecule has 202 valence electrons. The first-order valence-corrected chi connectivity index (χ1v) is 14.0. The Morgan fingerprint density at radius 1 is 0.950 bits per heavy atom. The summed E-state index contributed by atoms with van der Waals surface area (Å²) in [5.74, 6) is 0.716. The molecule has 5 aromatic rings. The summed E-state index contributed by atoms with van der Waals surface area (Å²) < 4.78 is 15.4. The molecule has 1 saturated heterocycles. The first-order valence-electron chi connectivity index (χ1n) is 14.0. The summed E-state index contributed by atoms with van der Waals surface area (Å²) in [5.41, 5.74) is 7.02. The summed E-state index contributed by atoms with van der Waals surface area (Å²) in [4.78, 5) is 24.8. The van der Waals surface area contributed by atoms with Gasteiger partial charge in [-0.1, -0.05) is 24.3 Å². The Morgan fingerprint density at radius 2 is 1.77 bits per heavy atom. The van der Waals surface area contributed by atoms with Gasteiger partial charge in [-0.2, -0.15) is 5.10 Å². The highest BCUT2D eigenvalue weighted by Gasteiger charge is 2.28. The van der Waals surface area contributed by atoms with Gasteiger partial charge in [-0.05, 0) is 60.2 Å². The predicted octanol–water partition coefficient (Wildman–Crippen LogP) is 5.73. The van der Waals surface area contributed by atoms with Gasteiger partial charge in [0.25, 0.3) is 0 Å². The average molecular weight is 535 g/mol. The van der Waals surface area contributed by atoms with Crippen LogP contribution in [0.5, 0.6) is 0 Å². The Labute approximate surface area is 232 Å². The summed E-state index contributed by atoms with van der Waals surface area (Å²) in [5, 5.41) is 5.53. The number of hydrogen-bond donors (Lipinski definition) is 1. The van der Waals surface area contributed by atoms with Crippen LogP contribution in [-0.4, -0.2) is 56.7 Å². The largest absolute Gasteiger partial charge is 0.368 e. The van der Waals surface area contributed by atoms with Crippen LogP contribution in [-0.2, 0) is 11.3 Å². The SMILES string of the molecule is O=C(CC1CC1)N1CCN(c2ccc(-c3cnc4[nH]cc(-c5cnn(Cc6cccc(F)c6)c5)c4c3)cc2)CC1. The first kappa shape index (κ1) is 24.6. The van der Waals surface area contributed by atoms with Crippen LogP contribution in [0.3, 0.4) is 0 Å². The number of amides is 1. The predicted molar refractivity (Wildman–Crippen MR) is 154 cm³/mol. The van der Waals surface area contributed by atoms with Gasteiger partial charge in [0.1, 0.15) is 11.5 Å². The zero-order valence-corrected chi connectivity index (χ0v) is 22.3. The van der Waals surface area contributed by atoms with Crippen molar-refractivity contribution in [2.24, 2.45) is 5.92 Å². The quantitative estimate of drug-likeness (QED) is 0.290. The Morgan fingerprint density at radius 3 is 2.55 bits per heavy atom. The fourth-order valence-electron chi connectivity index (χ4n) is 5.59. The molecule has 0 atom stereocenters. The fraction of sp³-hybridized carbons (Fsp3) is 0.281. The molecule has 7 rings (SSSR count). The summed E-state index contributed by atoms with van der Waals surface area (Å²) >= 11 is 0. The summed E-state index contributed by atoms with van der Waals surface area (Å²) in [6.07, 6.45) is 10.8. The number of carbonyl (C=O) groups is 1. The van der Waals surface area contributed by atoms with E-state index in [0.717, 1.165) is 71.5 Å². The zero-order valence-electron chi connectivity index (χ0n) is 22.3. The second-order valence-electron chi connectivity index (χ2n) is 10.9. The van der Waals surface area contributed by atoms with Crippen molar-refractivity contribution < 1.29 is 9.18 Å². The summed E-state index contributed by atoms with van der Waals surface area (Å²) in [7, 11) is 0. The van der Waals surface area contributed by atoms with E-state index in [2.05, 4.69) is 50.3 Å². The van der Waals surface area contributed by atoms with Crippen molar-refractivity contribution in [1.29, 1.82) is 0 Å². The Balaban J connectivity index is 1.06. The van der Waals surface area contributed by atoms with E-state index in [9.17, 15) is 9.18 Å². The van der Waals surface area contributed by atoms with Gasteiger partial charge in [-0.15, -0.1) is 0 Å². The molecule has 0 bridgehead atoms. The van der Waals surface area contributed by atoms with Gasteiger partial charge >= 0.3 is 0 Å². The second-order valence-corrected chi connectivity index (χ2v) is 10.9. The van der Waals surface area contributed by atoms with E-state index in [0.29, 0.717) is 18.4 Å². The van der Waals surface area contributed by atoms with Crippen LogP contribution in [0.15, 0.2) is 79.4 Å². The molecule has 1 amide bonds. The number of nitrogens with zero attached hydrogens (tertiary/aromatic N) is 5. The van der Waals surface area contributed by atoms with Crippen LogP contribution in [0.25, 0.3) is 33.3 Å². The van der Waals surface area contributed by atoms with E-state index in [-0.39, 0.29) is 5.82 Å². The van der Waals surface area contributed by atoms with Gasteiger partial charge in [0.2, 0.25) is 5.91 Å². The maximum absolute atomic E-state index is 13.6. The fourth-order valence-corrected chi connectivity index (χ4v) is 5.59. The monoisotopic (exact) mass is 534 g/mol. The summed E-state index contributed by atoms with van der Waals surface area (Å²) in [6.45, 7) is 3.82. The minimum absolute atomic E-state index is 0.244. The normalized spacial score (nSPS) is 15.6. The van der Waals surface area contributed by atoms with E-state index < -0.39 is 0 Å². The zero-order chi connectivity index (χ0) is 27.1. The van der Waals surface area contributed by atoms with E-state index >= 15 is 0 Å². The number of benzene rings is 2. The third-order valence-corrected chi connectivity index (χ3v) is 8.07. The molecule has 7 nitrogen and oxygen atoms in total. The molecule has 0 spiro atoms. The number of carbonyl (C=O) groups excluding carboxylic acids is 1. The maximum Gasteiger partial charge on any atom is 0.222 e. The number of pyridine rings is 1. The number of nitrogens with one attached hydrogen (secondary N) is 1. The van der Waals surface area contributed by atoms with Gasteiger partial charge in [0.05, 0.1) is 12.7 Å². The van der Waals surface area contributed by atoms with Gasteiger partial charge in [-0.3, -0.25) is 9.48 Å². The number of H-pyrrole nitrogens is 1. The van der Waals surface area contributed by atoms with Crippen molar-refractivity contribution in [2.45, 2.75) is 25.8 Å². The van der Waals surface area contributed by atoms with Crippen LogP contribution in [0.2, 0.25) is 0 Å². The number of halogens is 1. The lowest BCUT2D eigenvalue weighted by molar-refractivity contribution is -0.131. The smallest absolute Gasteiger partial charge is 0.222 e. The molecule has 3 aromatic heterocycles. The number of aromatic amines is 1. The standard InChI is InChI=1S/C32H31FN6O/c33-27-3-1-2-23(14-27)20-39-21-26(18-36-39)30-19-35-32-29(30)16-25(17-34-32)24-6-8-28(9-7-24)37-10-12-38(13-11-37)31(40)15-22-4-5-22/h1-3,6-9,14,16-19,21-22H,4-5,10-13,15,20H2,(H,34,35). The molecule has 1 aliphatic heterocycles. The van der Waals surface area contributed by atoms with Gasteiger partial charge < -0.3 is 14.8 Å². The molecule has 1 N–H and O–H groups in total. The van der Waals surface area contributed by atoms with Crippen molar-refractivity contribution in [2.75, 3.05) is 31.1 Å². The minimum Gasteiger partial charge on any atom is -0.368 e. The number of rotatable bonds is 7. The first-order chi connectivity index (χ1) is 19.6. The number of fused-ring (bicyclic) bond motifs is 1. The molecular formula is C32H31FN6O. The number of anilines is 1. The van der Waals surface area contributed by atoms with Gasteiger partial charge in [0, 0.05) is 79.0 Å².